The third-order valence-corrected chi connectivity index (χ3v) is 2.57. The van der Waals surface area contributed by atoms with Gasteiger partial charge in [0.15, 0.2) is 0 Å². The molecular formula is C13H11FO. The summed E-state index contributed by atoms with van der Waals surface area (Å²) in [5.41, 5.74) is 0.877. The van der Waals surface area contributed by atoms with E-state index in [9.17, 15) is 9.18 Å². The van der Waals surface area contributed by atoms with Gasteiger partial charge >= 0.3 is 0 Å². The van der Waals surface area contributed by atoms with Gasteiger partial charge in [0.25, 0.3) is 0 Å². The quantitative estimate of drug-likeness (QED) is 0.683. The summed E-state index contributed by atoms with van der Waals surface area (Å²) in [6.45, 7) is 1.81. The molecule has 0 heterocycles. The van der Waals surface area contributed by atoms with Gasteiger partial charge in [-0.05, 0) is 28.5 Å². The number of hydrogen-bond acceptors (Lipinski definition) is 1. The van der Waals surface area contributed by atoms with Crippen LogP contribution in [0.1, 0.15) is 18.4 Å². The van der Waals surface area contributed by atoms with Crippen LogP contribution in [0.5, 0.6) is 0 Å². The second-order valence-electron chi connectivity index (χ2n) is 3.64. The van der Waals surface area contributed by atoms with Crippen LogP contribution in [0, 0.1) is 5.82 Å². The van der Waals surface area contributed by atoms with Crippen LogP contribution in [0.25, 0.3) is 10.8 Å². The highest BCUT2D eigenvalue weighted by Gasteiger charge is 2.08. The fourth-order valence-electron chi connectivity index (χ4n) is 1.74. The van der Waals surface area contributed by atoms with Crippen molar-refractivity contribution < 1.29 is 9.18 Å². The summed E-state index contributed by atoms with van der Waals surface area (Å²) in [5.74, 6) is -0.469. The molecule has 0 bridgehead atoms. The van der Waals surface area contributed by atoms with Gasteiger partial charge in [0.2, 0.25) is 0 Å². The molecule has 0 aliphatic rings. The van der Waals surface area contributed by atoms with Crippen molar-refractivity contribution >= 4 is 17.1 Å². The zero-order valence-corrected chi connectivity index (χ0v) is 8.41. The summed E-state index contributed by atoms with van der Waals surface area (Å²) < 4.78 is 13.1. The summed E-state index contributed by atoms with van der Waals surface area (Å²) >= 11 is 0. The van der Waals surface area contributed by atoms with E-state index in [1.807, 2.05) is 25.1 Å². The summed E-state index contributed by atoms with van der Waals surface area (Å²) in [7, 11) is 0. The molecule has 15 heavy (non-hydrogen) atoms. The van der Waals surface area contributed by atoms with E-state index >= 15 is 0 Å². The lowest BCUT2D eigenvalue weighted by molar-refractivity contribution is -0.108. The number of carbonyl (C=O) groups is 1. The average Bonchev–Trinajstić information content (AvgIpc) is 2.27. The molecule has 0 aliphatic carbocycles. The lowest BCUT2D eigenvalue weighted by Gasteiger charge is -2.08. The lowest BCUT2D eigenvalue weighted by atomic mass is 9.96. The smallest absolute Gasteiger partial charge is 0.127 e. The largest absolute Gasteiger partial charge is 0.303 e. The molecule has 0 N–H and O–H groups in total. The van der Waals surface area contributed by atoms with Gasteiger partial charge in [-0.15, -0.1) is 0 Å². The molecule has 2 aromatic carbocycles. The number of hydrogen-bond donors (Lipinski definition) is 0. The Kier molecular flexibility index (Phi) is 2.50. The van der Waals surface area contributed by atoms with Gasteiger partial charge < -0.3 is 4.79 Å². The molecule has 0 amide bonds. The summed E-state index contributed by atoms with van der Waals surface area (Å²) in [5, 5.41) is 1.78. The van der Waals surface area contributed by atoms with Gasteiger partial charge in [0.1, 0.15) is 12.1 Å². The van der Waals surface area contributed by atoms with Crippen molar-refractivity contribution in [1.82, 2.24) is 0 Å². The molecule has 2 heteroatoms. The Bertz CT molecular complexity index is 505. The monoisotopic (exact) mass is 202 g/mol. The van der Waals surface area contributed by atoms with Crippen LogP contribution in [0.15, 0.2) is 36.4 Å². The van der Waals surface area contributed by atoms with Gasteiger partial charge in [-0.1, -0.05) is 31.2 Å². The Morgan fingerprint density at radius 2 is 2.07 bits per heavy atom. The van der Waals surface area contributed by atoms with Crippen LogP contribution in [0.4, 0.5) is 4.39 Å². The van der Waals surface area contributed by atoms with Gasteiger partial charge in [-0.3, -0.25) is 0 Å². The van der Waals surface area contributed by atoms with E-state index in [4.69, 9.17) is 0 Å². The highest BCUT2D eigenvalue weighted by atomic mass is 19.1. The molecule has 1 unspecified atom stereocenters. The highest BCUT2D eigenvalue weighted by Crippen LogP contribution is 2.25. The summed E-state index contributed by atoms with van der Waals surface area (Å²) in [4.78, 5) is 10.7. The normalized spacial score (nSPS) is 12.7. The van der Waals surface area contributed by atoms with Crippen LogP contribution in [-0.2, 0) is 4.79 Å². The van der Waals surface area contributed by atoms with Crippen molar-refractivity contribution in [3.05, 3.63) is 47.8 Å². The molecule has 0 aromatic heterocycles. The number of fused-ring (bicyclic) bond motifs is 1. The van der Waals surface area contributed by atoms with Crippen LogP contribution < -0.4 is 0 Å². The first-order valence-electron chi connectivity index (χ1n) is 4.86. The van der Waals surface area contributed by atoms with Gasteiger partial charge in [0, 0.05) is 5.92 Å². The summed E-state index contributed by atoms with van der Waals surface area (Å²) in [6.07, 6.45) is 0.875. The predicted octanol–water partition coefficient (Wildman–Crippen LogP) is 3.28. The molecule has 0 aliphatic heterocycles. The number of halogens is 1. The van der Waals surface area contributed by atoms with Crippen molar-refractivity contribution in [2.24, 2.45) is 0 Å². The van der Waals surface area contributed by atoms with E-state index in [0.29, 0.717) is 0 Å². The van der Waals surface area contributed by atoms with Crippen molar-refractivity contribution in [2.45, 2.75) is 12.8 Å². The Morgan fingerprint density at radius 3 is 2.80 bits per heavy atom. The van der Waals surface area contributed by atoms with Crippen molar-refractivity contribution in [3.63, 3.8) is 0 Å². The van der Waals surface area contributed by atoms with Crippen molar-refractivity contribution in [2.75, 3.05) is 0 Å². The molecule has 76 valence electrons. The minimum absolute atomic E-state index is 0.199. The van der Waals surface area contributed by atoms with E-state index in [2.05, 4.69) is 0 Å². The SMILES string of the molecule is CC(C=O)c1cccc2ccc(F)cc12. The molecule has 1 atom stereocenters. The first-order chi connectivity index (χ1) is 7.22. The Morgan fingerprint density at radius 1 is 1.27 bits per heavy atom. The molecule has 2 aromatic rings. The molecule has 2 rings (SSSR count). The Labute approximate surface area is 87.5 Å². The van der Waals surface area contributed by atoms with Gasteiger partial charge in [0.05, 0.1) is 0 Å². The van der Waals surface area contributed by atoms with Crippen LogP contribution in [-0.4, -0.2) is 6.29 Å². The second kappa shape index (κ2) is 3.81. The first kappa shape index (κ1) is 9.84. The maximum atomic E-state index is 13.1. The van der Waals surface area contributed by atoms with Crippen LogP contribution in [0.3, 0.4) is 0 Å². The molecule has 0 saturated carbocycles. The van der Waals surface area contributed by atoms with E-state index in [1.54, 1.807) is 6.07 Å². The van der Waals surface area contributed by atoms with E-state index in [0.717, 1.165) is 22.6 Å². The summed E-state index contributed by atoms with van der Waals surface area (Å²) in [6, 6.07) is 10.3. The van der Waals surface area contributed by atoms with Crippen LogP contribution in [0.2, 0.25) is 0 Å². The van der Waals surface area contributed by atoms with E-state index in [-0.39, 0.29) is 11.7 Å². The van der Waals surface area contributed by atoms with Gasteiger partial charge in [-0.25, -0.2) is 4.39 Å². The Balaban J connectivity index is 2.73. The lowest BCUT2D eigenvalue weighted by Crippen LogP contribution is -1.95. The maximum Gasteiger partial charge on any atom is 0.127 e. The number of rotatable bonds is 2. The molecule has 0 radical (unpaired) electrons. The topological polar surface area (TPSA) is 17.1 Å². The molecule has 0 fully saturated rings. The molecular weight excluding hydrogens is 191 g/mol. The molecule has 1 nitrogen and oxygen atoms in total. The van der Waals surface area contributed by atoms with Crippen molar-refractivity contribution in [3.8, 4) is 0 Å². The number of benzene rings is 2. The predicted molar refractivity (Wildman–Crippen MR) is 58.4 cm³/mol. The minimum atomic E-state index is -0.270. The number of carbonyl (C=O) groups excluding carboxylic acids is 1. The van der Waals surface area contributed by atoms with E-state index in [1.165, 1.54) is 12.1 Å². The fraction of sp³-hybridized carbons (Fsp3) is 0.154. The van der Waals surface area contributed by atoms with Crippen LogP contribution >= 0.6 is 0 Å². The highest BCUT2D eigenvalue weighted by molar-refractivity contribution is 5.88. The third-order valence-electron chi connectivity index (χ3n) is 2.57. The average molecular weight is 202 g/mol. The standard InChI is InChI=1S/C13H11FO/c1-9(8-15)12-4-2-3-10-5-6-11(14)7-13(10)12/h2-9H,1H3. The molecule has 0 spiro atoms. The second-order valence-corrected chi connectivity index (χ2v) is 3.64. The first-order valence-corrected chi connectivity index (χ1v) is 4.86. The van der Waals surface area contributed by atoms with Crippen molar-refractivity contribution in [1.29, 1.82) is 0 Å². The molecule has 0 saturated heterocycles. The minimum Gasteiger partial charge on any atom is -0.303 e. The zero-order valence-electron chi connectivity index (χ0n) is 8.41. The fourth-order valence-corrected chi connectivity index (χ4v) is 1.74. The third kappa shape index (κ3) is 1.75. The van der Waals surface area contributed by atoms with E-state index < -0.39 is 0 Å². The maximum absolute atomic E-state index is 13.1. The zero-order chi connectivity index (χ0) is 10.8. The Hall–Kier alpha value is -1.70. The van der Waals surface area contributed by atoms with Gasteiger partial charge in [-0.2, -0.15) is 0 Å². The number of aldehydes is 1.